The highest BCUT2D eigenvalue weighted by atomic mass is 16.3. The molecule has 0 atom stereocenters. The Morgan fingerprint density at radius 3 is 2.72 bits per heavy atom. The molecule has 0 aliphatic carbocycles. The van der Waals surface area contributed by atoms with Crippen molar-refractivity contribution in [3.63, 3.8) is 0 Å². The summed E-state index contributed by atoms with van der Waals surface area (Å²) in [5.41, 5.74) is 1.59. The van der Waals surface area contributed by atoms with Gasteiger partial charge in [-0.3, -0.25) is 9.48 Å². The van der Waals surface area contributed by atoms with Gasteiger partial charge in [0.15, 0.2) is 0 Å². The van der Waals surface area contributed by atoms with Gasteiger partial charge in [-0.2, -0.15) is 5.10 Å². The quantitative estimate of drug-likeness (QED) is 0.865. The van der Waals surface area contributed by atoms with Gasteiger partial charge < -0.3 is 10.0 Å². The van der Waals surface area contributed by atoms with E-state index in [-0.39, 0.29) is 12.5 Å². The van der Waals surface area contributed by atoms with E-state index in [1.165, 1.54) is 0 Å². The average molecular weight is 251 g/mol. The van der Waals surface area contributed by atoms with E-state index in [4.69, 9.17) is 5.11 Å². The highest BCUT2D eigenvalue weighted by Crippen LogP contribution is 2.19. The lowest BCUT2D eigenvalue weighted by Crippen LogP contribution is -2.39. The third-order valence-corrected chi connectivity index (χ3v) is 3.63. The van der Waals surface area contributed by atoms with Crippen molar-refractivity contribution in [2.24, 2.45) is 13.0 Å². The van der Waals surface area contributed by atoms with E-state index >= 15 is 0 Å². The lowest BCUT2D eigenvalue weighted by Gasteiger charge is -2.31. The first-order valence-electron chi connectivity index (χ1n) is 6.58. The number of aliphatic hydroxyl groups is 1. The summed E-state index contributed by atoms with van der Waals surface area (Å²) < 4.78 is 1.70. The summed E-state index contributed by atoms with van der Waals surface area (Å²) >= 11 is 0. The molecule has 0 spiro atoms. The number of hydrogen-bond acceptors (Lipinski definition) is 3. The molecule has 18 heavy (non-hydrogen) atoms. The van der Waals surface area contributed by atoms with E-state index in [1.807, 2.05) is 18.9 Å². The summed E-state index contributed by atoms with van der Waals surface area (Å²) in [6.45, 7) is 3.72. The van der Waals surface area contributed by atoms with Gasteiger partial charge in [0.1, 0.15) is 0 Å². The molecule has 0 bridgehead atoms. The largest absolute Gasteiger partial charge is 0.396 e. The molecule has 1 saturated heterocycles. The molecule has 0 saturated carbocycles. The Morgan fingerprint density at radius 1 is 1.50 bits per heavy atom. The van der Waals surface area contributed by atoms with E-state index in [2.05, 4.69) is 5.10 Å². The molecular weight excluding hydrogens is 230 g/mol. The van der Waals surface area contributed by atoms with Crippen LogP contribution < -0.4 is 0 Å². The van der Waals surface area contributed by atoms with Gasteiger partial charge in [-0.05, 0) is 25.2 Å². The van der Waals surface area contributed by atoms with E-state index < -0.39 is 0 Å². The number of piperidine rings is 1. The monoisotopic (exact) mass is 251 g/mol. The number of aromatic nitrogens is 2. The summed E-state index contributed by atoms with van der Waals surface area (Å²) in [5, 5.41) is 13.4. The van der Waals surface area contributed by atoms with Gasteiger partial charge in [0.2, 0.25) is 0 Å². The predicted molar refractivity (Wildman–Crippen MR) is 68.3 cm³/mol. The van der Waals surface area contributed by atoms with Crippen molar-refractivity contribution in [3.8, 4) is 0 Å². The standard InChI is InChI=1S/C13H21N3O2/c1-3-12-11(8-15(2)14-12)13(18)16-6-4-10(9-17)5-7-16/h8,10,17H,3-7,9H2,1-2H3. The number of carbonyl (C=O) groups excluding carboxylic acids is 1. The second kappa shape index (κ2) is 5.52. The van der Waals surface area contributed by atoms with Gasteiger partial charge >= 0.3 is 0 Å². The van der Waals surface area contributed by atoms with Gasteiger partial charge in [-0.25, -0.2) is 0 Å². The highest BCUT2D eigenvalue weighted by Gasteiger charge is 2.25. The van der Waals surface area contributed by atoms with Gasteiger partial charge in [0.25, 0.3) is 5.91 Å². The fourth-order valence-corrected chi connectivity index (χ4v) is 2.46. The normalized spacial score (nSPS) is 17.2. The summed E-state index contributed by atoms with van der Waals surface area (Å²) in [5.74, 6) is 0.435. The van der Waals surface area contributed by atoms with E-state index in [0.29, 0.717) is 5.92 Å². The maximum absolute atomic E-state index is 12.4. The van der Waals surface area contributed by atoms with Crippen molar-refractivity contribution in [1.29, 1.82) is 0 Å². The molecule has 100 valence electrons. The van der Waals surface area contributed by atoms with Crippen LogP contribution in [0.15, 0.2) is 6.20 Å². The Balaban J connectivity index is 2.07. The van der Waals surface area contributed by atoms with Crippen LogP contribution in [0.1, 0.15) is 35.8 Å². The van der Waals surface area contributed by atoms with Crippen molar-refractivity contribution in [2.75, 3.05) is 19.7 Å². The first kappa shape index (κ1) is 13.1. The molecule has 1 N–H and O–H groups in total. The average Bonchev–Trinajstić information content (AvgIpc) is 2.79. The second-order valence-electron chi connectivity index (χ2n) is 4.93. The maximum atomic E-state index is 12.4. The Kier molecular flexibility index (Phi) is 4.01. The summed E-state index contributed by atoms with van der Waals surface area (Å²) in [4.78, 5) is 14.3. The first-order chi connectivity index (χ1) is 8.65. The molecule has 1 aliphatic heterocycles. The van der Waals surface area contributed by atoms with Crippen LogP contribution in [-0.4, -0.2) is 45.4 Å². The molecular formula is C13H21N3O2. The fourth-order valence-electron chi connectivity index (χ4n) is 2.46. The molecule has 0 radical (unpaired) electrons. The minimum atomic E-state index is 0.0799. The lowest BCUT2D eigenvalue weighted by atomic mass is 9.97. The number of rotatable bonds is 3. The van der Waals surface area contributed by atoms with Crippen LogP contribution in [0.2, 0.25) is 0 Å². The van der Waals surface area contributed by atoms with Crippen LogP contribution in [0, 0.1) is 5.92 Å². The van der Waals surface area contributed by atoms with Crippen LogP contribution in [0.25, 0.3) is 0 Å². The lowest BCUT2D eigenvalue weighted by molar-refractivity contribution is 0.0650. The third-order valence-electron chi connectivity index (χ3n) is 3.63. The van der Waals surface area contributed by atoms with E-state index in [1.54, 1.807) is 10.9 Å². The van der Waals surface area contributed by atoms with Gasteiger partial charge in [-0.15, -0.1) is 0 Å². The zero-order valence-corrected chi connectivity index (χ0v) is 11.1. The Labute approximate surface area is 107 Å². The van der Waals surface area contributed by atoms with Crippen molar-refractivity contribution in [2.45, 2.75) is 26.2 Å². The molecule has 1 aromatic heterocycles. The van der Waals surface area contributed by atoms with Crippen LogP contribution >= 0.6 is 0 Å². The molecule has 1 aromatic rings. The molecule has 0 aromatic carbocycles. The smallest absolute Gasteiger partial charge is 0.257 e. The number of carbonyl (C=O) groups is 1. The minimum absolute atomic E-state index is 0.0799. The number of amides is 1. The number of nitrogens with zero attached hydrogens (tertiary/aromatic N) is 3. The first-order valence-corrected chi connectivity index (χ1v) is 6.58. The van der Waals surface area contributed by atoms with E-state index in [9.17, 15) is 4.79 Å². The zero-order chi connectivity index (χ0) is 13.1. The number of hydrogen-bond donors (Lipinski definition) is 1. The highest BCUT2D eigenvalue weighted by molar-refractivity contribution is 5.95. The predicted octanol–water partition coefficient (Wildman–Crippen LogP) is 0.827. The zero-order valence-electron chi connectivity index (χ0n) is 11.1. The Hall–Kier alpha value is -1.36. The number of aliphatic hydroxyl groups excluding tert-OH is 1. The summed E-state index contributed by atoms with van der Waals surface area (Å²) in [6, 6.07) is 0. The van der Waals surface area contributed by atoms with Crippen molar-refractivity contribution >= 4 is 5.91 Å². The van der Waals surface area contributed by atoms with Crippen LogP contribution in [0.3, 0.4) is 0 Å². The molecule has 1 aliphatic rings. The van der Waals surface area contributed by atoms with Gasteiger partial charge in [0.05, 0.1) is 11.3 Å². The second-order valence-corrected chi connectivity index (χ2v) is 4.93. The Morgan fingerprint density at radius 2 is 2.17 bits per heavy atom. The van der Waals surface area contributed by atoms with Gasteiger partial charge in [0, 0.05) is 32.9 Å². The van der Waals surface area contributed by atoms with E-state index in [0.717, 1.165) is 43.6 Å². The number of aryl methyl sites for hydroxylation is 2. The van der Waals surface area contributed by atoms with Crippen molar-refractivity contribution in [1.82, 2.24) is 14.7 Å². The molecule has 2 heterocycles. The molecule has 1 fully saturated rings. The number of likely N-dealkylation sites (tertiary alicyclic amines) is 1. The van der Waals surface area contributed by atoms with Crippen LogP contribution in [0.4, 0.5) is 0 Å². The van der Waals surface area contributed by atoms with Crippen molar-refractivity contribution in [3.05, 3.63) is 17.5 Å². The maximum Gasteiger partial charge on any atom is 0.257 e. The minimum Gasteiger partial charge on any atom is -0.396 e. The van der Waals surface area contributed by atoms with Crippen LogP contribution in [-0.2, 0) is 13.5 Å². The van der Waals surface area contributed by atoms with Gasteiger partial charge in [-0.1, -0.05) is 6.92 Å². The molecule has 2 rings (SSSR count). The molecule has 5 heteroatoms. The molecule has 1 amide bonds. The third kappa shape index (κ3) is 2.56. The van der Waals surface area contributed by atoms with Crippen LogP contribution in [0.5, 0.6) is 0 Å². The van der Waals surface area contributed by atoms with Crippen molar-refractivity contribution < 1.29 is 9.90 Å². The molecule has 0 unspecified atom stereocenters. The SMILES string of the molecule is CCc1nn(C)cc1C(=O)N1CCC(CO)CC1. The Bertz CT molecular complexity index is 420. The fraction of sp³-hybridized carbons (Fsp3) is 0.692. The molecule has 5 nitrogen and oxygen atoms in total. The topological polar surface area (TPSA) is 58.4 Å². The summed E-state index contributed by atoms with van der Waals surface area (Å²) in [7, 11) is 1.84. The summed E-state index contributed by atoms with van der Waals surface area (Å²) in [6.07, 6.45) is 4.36.